The number of methoxy groups -OCH3 is 1. The van der Waals surface area contributed by atoms with Gasteiger partial charge in [-0.3, -0.25) is 4.72 Å². The molecule has 0 bridgehead atoms. The molecule has 1 saturated heterocycles. The van der Waals surface area contributed by atoms with Crippen molar-refractivity contribution in [3.63, 3.8) is 0 Å². The number of benzene rings is 2. The zero-order valence-corrected chi connectivity index (χ0v) is 22.8. The highest BCUT2D eigenvalue weighted by Gasteiger charge is 2.24. The molecule has 210 valence electrons. The van der Waals surface area contributed by atoms with E-state index in [1.165, 1.54) is 13.2 Å². The van der Waals surface area contributed by atoms with Gasteiger partial charge in [0.15, 0.2) is 11.6 Å². The molecule has 0 unspecified atom stereocenters. The van der Waals surface area contributed by atoms with Gasteiger partial charge in [0.2, 0.25) is 10.0 Å². The lowest BCUT2D eigenvalue weighted by Gasteiger charge is -2.29. The van der Waals surface area contributed by atoms with E-state index in [0.717, 1.165) is 12.1 Å². The van der Waals surface area contributed by atoms with Crippen LogP contribution in [0.1, 0.15) is 13.3 Å². The van der Waals surface area contributed by atoms with Crippen LogP contribution in [0.25, 0.3) is 33.4 Å². The molecule has 0 saturated carbocycles. The lowest BCUT2D eigenvalue weighted by Crippen LogP contribution is -2.37. The standard InChI is InChI=1S/C27H28F2N6O4S/c1-3-12-40(36,37)34-20-6-5-19(28)23(24(20)29)17-13-18-25(21(14-17)38-2)32-26(16-4-7-22(30)31-15-16)33-27(18)35-8-10-39-11-9-35/h4-7,13-15,34H,3,8-12H2,1-2H3,(H2,30,31). The van der Waals surface area contributed by atoms with Crippen LogP contribution < -0.4 is 20.1 Å². The van der Waals surface area contributed by atoms with E-state index >= 15 is 8.78 Å². The molecule has 13 heteroatoms. The summed E-state index contributed by atoms with van der Waals surface area (Å²) in [5.41, 5.74) is 6.18. The molecule has 0 atom stereocenters. The number of hydrogen-bond acceptors (Lipinski definition) is 9. The largest absolute Gasteiger partial charge is 0.494 e. The summed E-state index contributed by atoms with van der Waals surface area (Å²) in [6.45, 7) is 3.72. The number of aromatic nitrogens is 3. The second-order valence-corrected chi connectivity index (χ2v) is 11.1. The van der Waals surface area contributed by atoms with Crippen LogP contribution in [0.5, 0.6) is 5.75 Å². The lowest BCUT2D eigenvalue weighted by atomic mass is 10.0. The fourth-order valence-corrected chi connectivity index (χ4v) is 5.68. The number of nitrogens with zero attached hydrogens (tertiary/aromatic N) is 4. The topological polar surface area (TPSA) is 133 Å². The van der Waals surface area contributed by atoms with Crippen molar-refractivity contribution < 1.29 is 26.7 Å². The van der Waals surface area contributed by atoms with Crippen molar-refractivity contribution in [2.75, 3.05) is 54.5 Å². The first-order valence-corrected chi connectivity index (χ1v) is 14.3. The minimum Gasteiger partial charge on any atom is -0.494 e. The molecular formula is C27H28F2N6O4S. The van der Waals surface area contributed by atoms with E-state index in [-0.39, 0.29) is 22.8 Å². The highest BCUT2D eigenvalue weighted by atomic mass is 32.2. The van der Waals surface area contributed by atoms with Crippen molar-refractivity contribution in [1.29, 1.82) is 0 Å². The molecule has 1 fully saturated rings. The van der Waals surface area contributed by atoms with E-state index in [4.69, 9.17) is 25.2 Å². The number of fused-ring (bicyclic) bond motifs is 1. The summed E-state index contributed by atoms with van der Waals surface area (Å²) in [6.07, 6.45) is 1.90. The Morgan fingerprint density at radius 3 is 2.55 bits per heavy atom. The van der Waals surface area contributed by atoms with Crippen LogP contribution in [0, 0.1) is 11.6 Å². The van der Waals surface area contributed by atoms with Gasteiger partial charge in [0.05, 0.1) is 37.3 Å². The van der Waals surface area contributed by atoms with Crippen LogP contribution >= 0.6 is 0 Å². The minimum atomic E-state index is -3.81. The number of halogens is 2. The minimum absolute atomic E-state index is 0.135. The van der Waals surface area contributed by atoms with E-state index in [0.29, 0.717) is 66.7 Å². The van der Waals surface area contributed by atoms with Gasteiger partial charge in [-0.2, -0.15) is 0 Å². The zero-order chi connectivity index (χ0) is 28.4. The third-order valence-corrected chi connectivity index (χ3v) is 7.92. The van der Waals surface area contributed by atoms with Crippen LogP contribution in [0.4, 0.5) is 26.1 Å². The van der Waals surface area contributed by atoms with Gasteiger partial charge in [0.1, 0.15) is 28.7 Å². The molecule has 40 heavy (non-hydrogen) atoms. The van der Waals surface area contributed by atoms with E-state index < -0.39 is 27.2 Å². The molecule has 0 aliphatic carbocycles. The fourth-order valence-electron chi connectivity index (χ4n) is 4.55. The summed E-state index contributed by atoms with van der Waals surface area (Å²) in [5.74, 6) is -0.601. The van der Waals surface area contributed by atoms with Gasteiger partial charge in [0.25, 0.3) is 0 Å². The summed E-state index contributed by atoms with van der Waals surface area (Å²) < 4.78 is 68.9. The Kier molecular flexibility index (Phi) is 7.68. The normalized spacial score (nSPS) is 13.9. The van der Waals surface area contributed by atoms with Gasteiger partial charge in [-0.15, -0.1) is 0 Å². The Morgan fingerprint density at radius 1 is 1.10 bits per heavy atom. The number of anilines is 3. The molecule has 10 nitrogen and oxygen atoms in total. The number of nitrogen functional groups attached to an aromatic ring is 1. The second kappa shape index (κ2) is 11.2. The molecule has 1 aliphatic rings. The number of pyridine rings is 1. The molecule has 3 heterocycles. The summed E-state index contributed by atoms with van der Waals surface area (Å²) >= 11 is 0. The molecule has 3 N–H and O–H groups in total. The smallest absolute Gasteiger partial charge is 0.232 e. The van der Waals surface area contributed by atoms with Crippen LogP contribution in [0.2, 0.25) is 0 Å². The van der Waals surface area contributed by atoms with Gasteiger partial charge < -0.3 is 20.1 Å². The molecular weight excluding hydrogens is 542 g/mol. The number of hydrogen-bond donors (Lipinski definition) is 2. The summed E-state index contributed by atoms with van der Waals surface area (Å²) in [4.78, 5) is 15.7. The van der Waals surface area contributed by atoms with E-state index in [1.807, 2.05) is 4.90 Å². The van der Waals surface area contributed by atoms with E-state index in [2.05, 4.69) is 9.71 Å². The third kappa shape index (κ3) is 5.47. The first kappa shape index (κ1) is 27.5. The number of rotatable bonds is 8. The summed E-state index contributed by atoms with van der Waals surface area (Å²) in [6, 6.07) is 8.53. The Bertz CT molecular complexity index is 1660. The van der Waals surface area contributed by atoms with Gasteiger partial charge in [-0.05, 0) is 48.4 Å². The van der Waals surface area contributed by atoms with Crippen molar-refractivity contribution in [3.05, 3.63) is 54.2 Å². The number of sulfonamides is 1. The maximum atomic E-state index is 15.7. The lowest BCUT2D eigenvalue weighted by molar-refractivity contribution is 0.122. The van der Waals surface area contributed by atoms with Crippen molar-refractivity contribution >= 4 is 38.2 Å². The van der Waals surface area contributed by atoms with Crippen LogP contribution in [-0.4, -0.2) is 62.5 Å². The number of ether oxygens (including phenoxy) is 2. The highest BCUT2D eigenvalue weighted by molar-refractivity contribution is 7.92. The van der Waals surface area contributed by atoms with Crippen LogP contribution in [0.15, 0.2) is 42.6 Å². The average Bonchev–Trinajstić information content (AvgIpc) is 2.94. The Balaban J connectivity index is 1.73. The van der Waals surface area contributed by atoms with Gasteiger partial charge >= 0.3 is 0 Å². The third-order valence-electron chi connectivity index (χ3n) is 6.44. The molecule has 4 aromatic rings. The van der Waals surface area contributed by atoms with E-state index in [1.54, 1.807) is 31.3 Å². The molecule has 0 amide bonds. The number of nitrogens with one attached hydrogen (secondary N) is 1. The second-order valence-electron chi connectivity index (χ2n) is 9.22. The van der Waals surface area contributed by atoms with Gasteiger partial charge in [-0.25, -0.2) is 32.2 Å². The molecule has 5 rings (SSSR count). The summed E-state index contributed by atoms with van der Waals surface area (Å²) in [5, 5.41) is 0.499. The molecule has 2 aromatic carbocycles. The quantitative estimate of drug-likeness (QED) is 0.320. The predicted octanol–water partition coefficient (Wildman–Crippen LogP) is 4.22. The maximum Gasteiger partial charge on any atom is 0.232 e. The zero-order valence-electron chi connectivity index (χ0n) is 21.9. The first-order valence-electron chi connectivity index (χ1n) is 12.6. The molecule has 0 radical (unpaired) electrons. The maximum absolute atomic E-state index is 15.7. The summed E-state index contributed by atoms with van der Waals surface area (Å²) in [7, 11) is -2.38. The average molecular weight is 571 g/mol. The monoisotopic (exact) mass is 570 g/mol. The Hall–Kier alpha value is -4.10. The molecule has 1 aliphatic heterocycles. The fraction of sp³-hybridized carbons (Fsp3) is 0.296. The Morgan fingerprint density at radius 2 is 1.88 bits per heavy atom. The first-order chi connectivity index (χ1) is 19.2. The van der Waals surface area contributed by atoms with Gasteiger partial charge in [0, 0.05) is 30.2 Å². The van der Waals surface area contributed by atoms with Crippen molar-refractivity contribution in [2.24, 2.45) is 0 Å². The van der Waals surface area contributed by atoms with Crippen LogP contribution in [0.3, 0.4) is 0 Å². The number of morpholine rings is 1. The Labute approximate surface area is 230 Å². The SMILES string of the molecule is CCCS(=O)(=O)Nc1ccc(F)c(-c2cc(OC)c3nc(-c4ccc(N)nc4)nc(N4CCOCC4)c3c2)c1F. The van der Waals surface area contributed by atoms with Crippen molar-refractivity contribution in [2.45, 2.75) is 13.3 Å². The highest BCUT2D eigenvalue weighted by Crippen LogP contribution is 2.40. The predicted molar refractivity (Wildman–Crippen MR) is 150 cm³/mol. The van der Waals surface area contributed by atoms with E-state index in [9.17, 15) is 8.42 Å². The molecule has 0 spiro atoms. The van der Waals surface area contributed by atoms with Crippen molar-refractivity contribution in [1.82, 2.24) is 15.0 Å². The van der Waals surface area contributed by atoms with Crippen LogP contribution in [-0.2, 0) is 14.8 Å². The molecule has 2 aromatic heterocycles. The van der Waals surface area contributed by atoms with Gasteiger partial charge in [-0.1, -0.05) is 6.92 Å². The number of nitrogens with two attached hydrogens (primary N) is 1. The van der Waals surface area contributed by atoms with Crippen molar-refractivity contribution in [3.8, 4) is 28.3 Å².